The van der Waals surface area contributed by atoms with Crippen LogP contribution in [0.2, 0.25) is 0 Å². The average molecular weight is 217 g/mol. The topological polar surface area (TPSA) is 35.1 Å². The predicted octanol–water partition coefficient (Wildman–Crippen LogP) is 2.86. The van der Waals surface area contributed by atoms with Crippen LogP contribution in [-0.4, -0.2) is 4.57 Å². The van der Waals surface area contributed by atoms with Crippen LogP contribution in [0.5, 0.6) is 0 Å². The standard InChI is InChI=1S/C13H15NO2/c1-13(2,3)14-11(9-16-12(14)15)10-7-5-4-6-8-10/h4-9H,1-3H3. The molecule has 3 heteroatoms. The molecule has 16 heavy (non-hydrogen) atoms. The predicted molar refractivity (Wildman–Crippen MR) is 63.4 cm³/mol. The van der Waals surface area contributed by atoms with Gasteiger partial charge in [0.25, 0.3) is 0 Å². The highest BCUT2D eigenvalue weighted by molar-refractivity contribution is 5.58. The molecule has 0 bridgehead atoms. The summed E-state index contributed by atoms with van der Waals surface area (Å²) < 4.78 is 6.65. The molecule has 1 aromatic carbocycles. The van der Waals surface area contributed by atoms with Crippen LogP contribution in [0.15, 0.2) is 45.8 Å². The number of oxazole rings is 1. The lowest BCUT2D eigenvalue weighted by molar-refractivity contribution is 0.354. The molecule has 0 saturated carbocycles. The van der Waals surface area contributed by atoms with Crippen molar-refractivity contribution in [1.29, 1.82) is 0 Å². The Balaban J connectivity index is 2.64. The van der Waals surface area contributed by atoms with E-state index in [1.165, 1.54) is 6.26 Å². The summed E-state index contributed by atoms with van der Waals surface area (Å²) in [4.78, 5) is 11.7. The number of hydrogen-bond donors (Lipinski definition) is 0. The zero-order valence-corrected chi connectivity index (χ0v) is 9.73. The molecular formula is C13H15NO2. The molecule has 0 spiro atoms. The molecule has 0 aliphatic rings. The fraction of sp³-hybridized carbons (Fsp3) is 0.308. The van der Waals surface area contributed by atoms with E-state index in [-0.39, 0.29) is 11.3 Å². The van der Waals surface area contributed by atoms with Crippen LogP contribution in [0.25, 0.3) is 11.3 Å². The highest BCUT2D eigenvalue weighted by Crippen LogP contribution is 2.23. The first-order valence-corrected chi connectivity index (χ1v) is 5.26. The summed E-state index contributed by atoms with van der Waals surface area (Å²) in [5.41, 5.74) is 1.52. The maximum atomic E-state index is 11.7. The smallest absolute Gasteiger partial charge is 0.416 e. The molecule has 2 rings (SSSR count). The van der Waals surface area contributed by atoms with Gasteiger partial charge >= 0.3 is 5.76 Å². The van der Waals surface area contributed by atoms with Crippen molar-refractivity contribution in [2.24, 2.45) is 0 Å². The fourth-order valence-electron chi connectivity index (χ4n) is 1.75. The maximum absolute atomic E-state index is 11.7. The molecule has 0 unspecified atom stereocenters. The summed E-state index contributed by atoms with van der Waals surface area (Å²) >= 11 is 0. The van der Waals surface area contributed by atoms with E-state index in [1.54, 1.807) is 4.57 Å². The fourth-order valence-corrected chi connectivity index (χ4v) is 1.75. The molecule has 0 aliphatic carbocycles. The zero-order valence-electron chi connectivity index (χ0n) is 9.73. The van der Waals surface area contributed by atoms with Gasteiger partial charge in [0, 0.05) is 11.1 Å². The largest absolute Gasteiger partial charge is 0.419 e. The van der Waals surface area contributed by atoms with Crippen LogP contribution < -0.4 is 5.76 Å². The Morgan fingerprint density at radius 3 is 2.31 bits per heavy atom. The van der Waals surface area contributed by atoms with Gasteiger partial charge < -0.3 is 4.42 Å². The van der Waals surface area contributed by atoms with Gasteiger partial charge in [-0.3, -0.25) is 4.57 Å². The number of rotatable bonds is 1. The van der Waals surface area contributed by atoms with Gasteiger partial charge in [-0.2, -0.15) is 0 Å². The van der Waals surface area contributed by atoms with Crippen LogP contribution >= 0.6 is 0 Å². The van der Waals surface area contributed by atoms with Gasteiger partial charge in [0.15, 0.2) is 0 Å². The molecule has 0 N–H and O–H groups in total. The molecule has 0 saturated heterocycles. The summed E-state index contributed by atoms with van der Waals surface area (Å²) in [5.74, 6) is -0.314. The van der Waals surface area contributed by atoms with Crippen LogP contribution in [-0.2, 0) is 5.54 Å². The Hall–Kier alpha value is -1.77. The van der Waals surface area contributed by atoms with E-state index in [2.05, 4.69) is 0 Å². The molecule has 0 amide bonds. The third kappa shape index (κ3) is 1.81. The highest BCUT2D eigenvalue weighted by Gasteiger charge is 2.21. The maximum Gasteiger partial charge on any atom is 0.419 e. The van der Waals surface area contributed by atoms with E-state index in [0.717, 1.165) is 11.3 Å². The minimum atomic E-state index is -0.314. The number of nitrogens with zero attached hydrogens (tertiary/aromatic N) is 1. The van der Waals surface area contributed by atoms with E-state index in [9.17, 15) is 4.79 Å². The summed E-state index contributed by atoms with van der Waals surface area (Å²) in [5, 5.41) is 0. The summed E-state index contributed by atoms with van der Waals surface area (Å²) in [6.45, 7) is 5.95. The van der Waals surface area contributed by atoms with Crippen LogP contribution in [0.4, 0.5) is 0 Å². The molecular weight excluding hydrogens is 202 g/mol. The Labute approximate surface area is 94.3 Å². The molecule has 1 heterocycles. The molecule has 0 fully saturated rings. The third-order valence-electron chi connectivity index (χ3n) is 2.44. The van der Waals surface area contributed by atoms with Gasteiger partial charge in [-0.15, -0.1) is 0 Å². The Morgan fingerprint density at radius 1 is 1.12 bits per heavy atom. The first-order chi connectivity index (χ1) is 7.50. The highest BCUT2D eigenvalue weighted by atomic mass is 16.4. The van der Waals surface area contributed by atoms with E-state index >= 15 is 0 Å². The summed E-state index contributed by atoms with van der Waals surface area (Å²) in [6.07, 6.45) is 1.52. The van der Waals surface area contributed by atoms with Gasteiger partial charge in [0.1, 0.15) is 6.26 Å². The summed E-state index contributed by atoms with van der Waals surface area (Å²) in [7, 11) is 0. The van der Waals surface area contributed by atoms with Crippen molar-refractivity contribution >= 4 is 0 Å². The van der Waals surface area contributed by atoms with E-state index in [4.69, 9.17) is 4.42 Å². The van der Waals surface area contributed by atoms with Crippen molar-refractivity contribution in [3.05, 3.63) is 47.1 Å². The normalized spacial score (nSPS) is 11.7. The molecule has 2 aromatic rings. The van der Waals surface area contributed by atoms with Crippen LogP contribution in [0.3, 0.4) is 0 Å². The molecule has 1 aromatic heterocycles. The molecule has 0 radical (unpaired) electrons. The van der Waals surface area contributed by atoms with E-state index in [1.807, 2.05) is 51.1 Å². The molecule has 0 atom stereocenters. The molecule has 0 aliphatic heterocycles. The van der Waals surface area contributed by atoms with Crippen LogP contribution in [0.1, 0.15) is 20.8 Å². The van der Waals surface area contributed by atoms with Crippen LogP contribution in [0, 0.1) is 0 Å². The van der Waals surface area contributed by atoms with Gasteiger partial charge in [-0.25, -0.2) is 4.79 Å². The Morgan fingerprint density at radius 2 is 1.75 bits per heavy atom. The minimum absolute atomic E-state index is 0.282. The zero-order chi connectivity index (χ0) is 11.8. The monoisotopic (exact) mass is 217 g/mol. The van der Waals surface area contributed by atoms with Crippen molar-refractivity contribution in [3.8, 4) is 11.3 Å². The quantitative estimate of drug-likeness (QED) is 0.736. The number of hydrogen-bond acceptors (Lipinski definition) is 2. The van der Waals surface area contributed by atoms with Gasteiger partial charge in [-0.1, -0.05) is 30.3 Å². The first kappa shape index (κ1) is 10.7. The van der Waals surface area contributed by atoms with E-state index < -0.39 is 0 Å². The minimum Gasteiger partial charge on any atom is -0.416 e. The Bertz CT molecular complexity index is 529. The third-order valence-corrected chi connectivity index (χ3v) is 2.44. The van der Waals surface area contributed by atoms with Gasteiger partial charge in [0.05, 0.1) is 5.69 Å². The second-order valence-electron chi connectivity index (χ2n) is 4.76. The van der Waals surface area contributed by atoms with Crippen molar-refractivity contribution in [2.75, 3.05) is 0 Å². The molecule has 3 nitrogen and oxygen atoms in total. The Kier molecular flexibility index (Phi) is 2.46. The van der Waals surface area contributed by atoms with Gasteiger partial charge in [-0.05, 0) is 20.8 Å². The van der Waals surface area contributed by atoms with Gasteiger partial charge in [0.2, 0.25) is 0 Å². The first-order valence-electron chi connectivity index (χ1n) is 5.26. The average Bonchev–Trinajstić information content (AvgIpc) is 2.61. The van der Waals surface area contributed by atoms with Crippen molar-refractivity contribution in [3.63, 3.8) is 0 Å². The second-order valence-corrected chi connectivity index (χ2v) is 4.76. The lowest BCUT2D eigenvalue weighted by Crippen LogP contribution is -2.31. The van der Waals surface area contributed by atoms with E-state index in [0.29, 0.717) is 0 Å². The number of benzene rings is 1. The van der Waals surface area contributed by atoms with Crippen molar-refractivity contribution in [1.82, 2.24) is 4.57 Å². The SMILES string of the molecule is CC(C)(C)n1c(-c2ccccc2)coc1=O. The second kappa shape index (κ2) is 3.67. The van der Waals surface area contributed by atoms with Crippen molar-refractivity contribution < 1.29 is 4.42 Å². The molecule has 84 valence electrons. The lowest BCUT2D eigenvalue weighted by atomic mass is 10.1. The number of aromatic nitrogens is 1. The summed E-state index contributed by atoms with van der Waals surface area (Å²) in [6, 6.07) is 9.77. The lowest BCUT2D eigenvalue weighted by Gasteiger charge is -2.21. The van der Waals surface area contributed by atoms with Crippen molar-refractivity contribution in [2.45, 2.75) is 26.3 Å².